The van der Waals surface area contributed by atoms with Crippen molar-refractivity contribution in [1.29, 1.82) is 0 Å². The van der Waals surface area contributed by atoms with Crippen molar-refractivity contribution < 1.29 is 9.84 Å². The Kier molecular flexibility index (Phi) is 6.00. The fourth-order valence-electron chi connectivity index (χ4n) is 1.73. The molecule has 0 saturated heterocycles. The highest BCUT2D eigenvalue weighted by Gasteiger charge is 2.10. The van der Waals surface area contributed by atoms with E-state index in [4.69, 9.17) is 4.74 Å². The van der Waals surface area contributed by atoms with Crippen LogP contribution in [0, 0.1) is 5.92 Å². The van der Waals surface area contributed by atoms with E-state index in [9.17, 15) is 5.11 Å². The Morgan fingerprint density at radius 1 is 1.53 bits per heavy atom. The van der Waals surface area contributed by atoms with Gasteiger partial charge in [-0.15, -0.1) is 0 Å². The van der Waals surface area contributed by atoms with Gasteiger partial charge in [-0.05, 0) is 12.3 Å². The highest BCUT2D eigenvalue weighted by atomic mass is 16.5. The number of aromatic nitrogens is 2. The molecule has 1 heterocycles. The molecule has 1 aromatic heterocycles. The number of aliphatic hydroxyl groups excluding tert-OH is 1. The van der Waals surface area contributed by atoms with Crippen LogP contribution in [0.4, 0.5) is 5.69 Å². The number of nitrogens with zero attached hydrogens (tertiary/aromatic N) is 2. The number of nitrogens with one attached hydrogen (secondary N) is 1. The van der Waals surface area contributed by atoms with Gasteiger partial charge in [-0.25, -0.2) is 0 Å². The second-order valence-electron chi connectivity index (χ2n) is 4.64. The highest BCUT2D eigenvalue weighted by molar-refractivity contribution is 5.39. The summed E-state index contributed by atoms with van der Waals surface area (Å²) >= 11 is 0. The van der Waals surface area contributed by atoms with Crippen LogP contribution in [0.1, 0.15) is 20.3 Å². The van der Waals surface area contributed by atoms with E-state index in [1.54, 1.807) is 13.3 Å². The molecule has 1 rings (SSSR count). The fraction of sp³-hybridized carbons (Fsp3) is 0.750. The molecule has 0 aliphatic rings. The van der Waals surface area contributed by atoms with Crippen LogP contribution in [0.2, 0.25) is 0 Å². The zero-order valence-electron chi connectivity index (χ0n) is 10.9. The largest absolute Gasteiger partial charge is 0.394 e. The molecule has 1 aromatic rings. The first-order valence-corrected chi connectivity index (χ1v) is 6.04. The molecule has 0 aliphatic heterocycles. The maximum absolute atomic E-state index is 9.27. The Hall–Kier alpha value is -1.07. The molecule has 0 spiro atoms. The summed E-state index contributed by atoms with van der Waals surface area (Å²) in [4.78, 5) is 0. The molecule has 0 amide bonds. The van der Waals surface area contributed by atoms with Crippen LogP contribution in [0.5, 0.6) is 0 Å². The molecule has 0 radical (unpaired) electrons. The summed E-state index contributed by atoms with van der Waals surface area (Å²) in [6.07, 6.45) is 4.65. The Morgan fingerprint density at radius 2 is 2.29 bits per heavy atom. The molecular weight excluding hydrogens is 218 g/mol. The van der Waals surface area contributed by atoms with Crippen molar-refractivity contribution in [2.75, 3.05) is 25.6 Å². The van der Waals surface area contributed by atoms with Gasteiger partial charge >= 0.3 is 0 Å². The molecule has 0 saturated carbocycles. The third-order valence-electron chi connectivity index (χ3n) is 2.50. The molecule has 17 heavy (non-hydrogen) atoms. The standard InChI is InChI=1S/C12H23N3O2/c1-10(2)6-11(9-16)14-12-7-13-15(8-12)4-5-17-3/h7-8,10-11,14,16H,4-6,9H2,1-3H3. The van der Waals surface area contributed by atoms with Gasteiger partial charge in [-0.2, -0.15) is 5.10 Å². The van der Waals surface area contributed by atoms with Crippen molar-refractivity contribution in [3.05, 3.63) is 12.4 Å². The molecule has 98 valence electrons. The van der Waals surface area contributed by atoms with Crippen molar-refractivity contribution in [2.24, 2.45) is 5.92 Å². The van der Waals surface area contributed by atoms with E-state index in [0.717, 1.165) is 18.7 Å². The summed E-state index contributed by atoms with van der Waals surface area (Å²) in [6, 6.07) is 0.0927. The van der Waals surface area contributed by atoms with Gasteiger partial charge in [-0.1, -0.05) is 13.8 Å². The van der Waals surface area contributed by atoms with Crippen LogP contribution in [0.15, 0.2) is 12.4 Å². The Bertz CT molecular complexity index is 312. The molecule has 0 aliphatic carbocycles. The third-order valence-corrected chi connectivity index (χ3v) is 2.50. The van der Waals surface area contributed by atoms with Gasteiger partial charge in [0.2, 0.25) is 0 Å². The Balaban J connectivity index is 2.46. The number of hydrogen-bond donors (Lipinski definition) is 2. The smallest absolute Gasteiger partial charge is 0.0729 e. The predicted molar refractivity (Wildman–Crippen MR) is 68.1 cm³/mol. The maximum Gasteiger partial charge on any atom is 0.0729 e. The topological polar surface area (TPSA) is 59.3 Å². The fourth-order valence-corrected chi connectivity index (χ4v) is 1.73. The van der Waals surface area contributed by atoms with Crippen molar-refractivity contribution in [2.45, 2.75) is 32.9 Å². The number of anilines is 1. The lowest BCUT2D eigenvalue weighted by Gasteiger charge is -2.18. The Morgan fingerprint density at radius 3 is 2.88 bits per heavy atom. The minimum atomic E-state index is 0.0927. The van der Waals surface area contributed by atoms with Crippen molar-refractivity contribution >= 4 is 5.69 Å². The van der Waals surface area contributed by atoms with Gasteiger partial charge in [0.05, 0.1) is 31.6 Å². The number of rotatable bonds is 8. The normalized spacial score (nSPS) is 13.0. The number of ether oxygens (including phenoxy) is 1. The van der Waals surface area contributed by atoms with Crippen LogP contribution < -0.4 is 5.32 Å². The second-order valence-corrected chi connectivity index (χ2v) is 4.64. The van der Waals surface area contributed by atoms with E-state index in [1.165, 1.54) is 0 Å². The van der Waals surface area contributed by atoms with Crippen molar-refractivity contribution in [1.82, 2.24) is 9.78 Å². The molecule has 0 fully saturated rings. The highest BCUT2D eigenvalue weighted by Crippen LogP contribution is 2.12. The predicted octanol–water partition coefficient (Wildman–Crippen LogP) is 1.35. The van der Waals surface area contributed by atoms with E-state index in [0.29, 0.717) is 12.5 Å². The molecule has 2 N–H and O–H groups in total. The second kappa shape index (κ2) is 7.29. The molecule has 5 nitrogen and oxygen atoms in total. The lowest BCUT2D eigenvalue weighted by Crippen LogP contribution is -2.25. The van der Waals surface area contributed by atoms with Gasteiger partial charge in [-0.3, -0.25) is 4.68 Å². The first-order chi connectivity index (χ1) is 8.15. The maximum atomic E-state index is 9.27. The zero-order valence-corrected chi connectivity index (χ0v) is 10.9. The summed E-state index contributed by atoms with van der Waals surface area (Å²) in [7, 11) is 1.67. The number of methoxy groups -OCH3 is 1. The van der Waals surface area contributed by atoms with E-state index in [-0.39, 0.29) is 12.6 Å². The SMILES string of the molecule is COCCn1cc(NC(CO)CC(C)C)cn1. The minimum Gasteiger partial charge on any atom is -0.394 e. The number of aliphatic hydroxyl groups is 1. The molecule has 5 heteroatoms. The van der Waals surface area contributed by atoms with Crippen LogP contribution in [-0.4, -0.2) is 41.3 Å². The summed E-state index contributed by atoms with van der Waals surface area (Å²) < 4.78 is 6.82. The third kappa shape index (κ3) is 5.19. The lowest BCUT2D eigenvalue weighted by atomic mass is 10.0. The summed E-state index contributed by atoms with van der Waals surface area (Å²) in [5.41, 5.74) is 0.945. The average molecular weight is 241 g/mol. The van der Waals surface area contributed by atoms with Gasteiger partial charge < -0.3 is 15.2 Å². The minimum absolute atomic E-state index is 0.0927. The zero-order chi connectivity index (χ0) is 12.7. The monoisotopic (exact) mass is 241 g/mol. The van der Waals surface area contributed by atoms with Crippen LogP contribution >= 0.6 is 0 Å². The Labute approximate surface area is 103 Å². The van der Waals surface area contributed by atoms with Crippen LogP contribution in [0.3, 0.4) is 0 Å². The first kappa shape index (κ1) is 14.0. The van der Waals surface area contributed by atoms with Crippen LogP contribution in [0.25, 0.3) is 0 Å². The van der Waals surface area contributed by atoms with E-state index >= 15 is 0 Å². The van der Waals surface area contributed by atoms with Gasteiger partial charge in [0, 0.05) is 19.3 Å². The lowest BCUT2D eigenvalue weighted by molar-refractivity contribution is 0.183. The average Bonchev–Trinajstić information content (AvgIpc) is 2.72. The summed E-state index contributed by atoms with van der Waals surface area (Å²) in [5, 5.41) is 16.8. The van der Waals surface area contributed by atoms with Crippen molar-refractivity contribution in [3.8, 4) is 0 Å². The van der Waals surface area contributed by atoms with Crippen LogP contribution in [-0.2, 0) is 11.3 Å². The number of hydrogen-bond acceptors (Lipinski definition) is 4. The molecule has 0 aromatic carbocycles. The molecule has 1 atom stereocenters. The van der Waals surface area contributed by atoms with E-state index in [2.05, 4.69) is 24.3 Å². The molecule has 1 unspecified atom stereocenters. The molecule has 0 bridgehead atoms. The summed E-state index contributed by atoms with van der Waals surface area (Å²) in [5.74, 6) is 0.559. The van der Waals surface area contributed by atoms with Gasteiger partial charge in [0.25, 0.3) is 0 Å². The van der Waals surface area contributed by atoms with E-state index < -0.39 is 0 Å². The van der Waals surface area contributed by atoms with Gasteiger partial charge in [0.15, 0.2) is 0 Å². The molecular formula is C12H23N3O2. The van der Waals surface area contributed by atoms with Gasteiger partial charge in [0.1, 0.15) is 0 Å². The van der Waals surface area contributed by atoms with E-state index in [1.807, 2.05) is 10.9 Å². The van der Waals surface area contributed by atoms with Crippen molar-refractivity contribution in [3.63, 3.8) is 0 Å². The quantitative estimate of drug-likeness (QED) is 0.721. The first-order valence-electron chi connectivity index (χ1n) is 6.04. The summed E-state index contributed by atoms with van der Waals surface area (Å²) in [6.45, 7) is 5.82.